The fourth-order valence-corrected chi connectivity index (χ4v) is 0. The molecule has 0 heterocycles. The number of hydrogen-bond donors (Lipinski definition) is 0. The van der Waals surface area contributed by atoms with Crippen molar-refractivity contribution in [2.75, 3.05) is 0 Å². The first-order valence-corrected chi connectivity index (χ1v) is 0. The van der Waals surface area contributed by atoms with Crippen molar-refractivity contribution in [1.82, 2.24) is 0 Å². The molecule has 7 nitrogen and oxygen atoms in total. The summed E-state index contributed by atoms with van der Waals surface area (Å²) in [4.78, 5) is 0. The largest absolute Gasteiger partial charge is 2.00 e. The summed E-state index contributed by atoms with van der Waals surface area (Å²) in [7, 11) is 0. The van der Waals surface area contributed by atoms with Crippen LogP contribution >= 0.6 is 9.90 Å². The van der Waals surface area contributed by atoms with Crippen molar-refractivity contribution < 1.29 is 88.0 Å². The van der Waals surface area contributed by atoms with Crippen molar-refractivity contribution in [3.05, 3.63) is 0 Å². The Labute approximate surface area is 97.4 Å². The summed E-state index contributed by atoms with van der Waals surface area (Å²) >= 11 is 0. The standard InChI is InChI=1S/2H2O.5O.H3P.U.V/h2*1H2;;;;;;1H3;;/q;;5*-2;;;/p-1. The smallest absolute Gasteiger partial charge is 0 e. The van der Waals surface area contributed by atoms with Crippen LogP contribution in [0.1, 0.15) is 0 Å². The normalized spacial score (nSPS) is 0. The molecule has 0 aliphatic carbocycles. The van der Waals surface area contributed by atoms with Gasteiger partial charge in [-0.25, -0.2) is 0 Å². The maximum Gasteiger partial charge on any atom is 0 e. The van der Waals surface area contributed by atoms with Gasteiger partial charge in [-0.2, -0.15) is 9.90 Å². The van der Waals surface area contributed by atoms with E-state index in [2.05, 4.69) is 0 Å². The van der Waals surface area contributed by atoms with E-state index in [4.69, 9.17) is 0 Å². The molecule has 0 fully saturated rings. The molecule has 0 aliphatic rings. The molecule has 0 aromatic heterocycles. The minimum Gasteiger partial charge on any atom is -2.00 e. The molecule has 0 spiro atoms. The second kappa shape index (κ2) is 324. The molecule has 1 radical (unpaired) electrons. The van der Waals surface area contributed by atoms with E-state index in [0.717, 1.165) is 0 Å². The van der Waals surface area contributed by atoms with Crippen molar-refractivity contribution in [1.29, 1.82) is 0 Å². The summed E-state index contributed by atoms with van der Waals surface area (Å²) in [5.74, 6) is 0. The molecule has 0 rings (SSSR count). The van der Waals surface area contributed by atoms with E-state index in [0.29, 0.717) is 0 Å². The van der Waals surface area contributed by atoms with Gasteiger partial charge in [-0.15, -0.1) is 0 Å². The van der Waals surface area contributed by atoms with Gasteiger partial charge in [-0.05, 0) is 0 Å². The van der Waals surface area contributed by atoms with Gasteiger partial charge in [0.05, 0.1) is 0 Å². The van der Waals surface area contributed by atoms with Gasteiger partial charge in [-0.3, -0.25) is 0 Å². The zero-order valence-corrected chi connectivity index (χ0v) is 11.6. The van der Waals surface area contributed by atoms with Crippen LogP contribution < -0.4 is 0 Å². The fraction of sp³-hybridized carbons (Fsp3) is 0. The summed E-state index contributed by atoms with van der Waals surface area (Å²) < 4.78 is 0. The van der Waals surface area contributed by atoms with Crippen LogP contribution in [0.2, 0.25) is 0 Å². The Morgan fingerprint density at radius 1 is 0.600 bits per heavy atom. The van der Waals surface area contributed by atoms with Gasteiger partial charge in [0.1, 0.15) is 0 Å². The predicted molar refractivity (Wildman–Crippen MR) is 20.1 cm³/mol. The summed E-state index contributed by atoms with van der Waals surface area (Å²) in [6, 6.07) is 0. The second-order valence-corrected chi connectivity index (χ2v) is 0. The average molecular weight is 438 g/mol. The quantitative estimate of drug-likeness (QED) is 0.405. The Balaban J connectivity index is 0. The fourth-order valence-electron chi connectivity index (χ4n) is 0. The van der Waals surface area contributed by atoms with Crippen LogP contribution in [-0.2, 0) is 45.9 Å². The first kappa shape index (κ1) is 430. The molecular formula is H6O7PUV-11. The Morgan fingerprint density at radius 2 is 0.600 bits per heavy atom. The van der Waals surface area contributed by atoms with Crippen LogP contribution in [0.5, 0.6) is 0 Å². The Bertz CT molecular complexity index is 13.6. The summed E-state index contributed by atoms with van der Waals surface area (Å²) in [6.07, 6.45) is 0. The van der Waals surface area contributed by atoms with Gasteiger partial charge in [0.25, 0.3) is 0 Å². The second-order valence-electron chi connectivity index (χ2n) is 0. The van der Waals surface area contributed by atoms with Crippen molar-refractivity contribution in [3.63, 3.8) is 0 Å². The van der Waals surface area contributed by atoms with Gasteiger partial charge in [0.15, 0.2) is 0 Å². The van der Waals surface area contributed by atoms with Crippen molar-refractivity contribution in [2.24, 2.45) is 0 Å². The molecule has 73 valence electrons. The summed E-state index contributed by atoms with van der Waals surface area (Å²) in [6.45, 7) is 0. The minimum absolute atomic E-state index is 0. The van der Waals surface area contributed by atoms with Gasteiger partial charge >= 0.3 is 0 Å². The summed E-state index contributed by atoms with van der Waals surface area (Å²) in [5.41, 5.74) is 0. The maximum atomic E-state index is 0. The van der Waals surface area contributed by atoms with Crippen LogP contribution in [0.25, 0.3) is 0 Å². The van der Waals surface area contributed by atoms with E-state index in [1.54, 1.807) is 0 Å². The number of rotatable bonds is 0. The molecule has 0 aromatic rings. The summed E-state index contributed by atoms with van der Waals surface area (Å²) in [5, 5.41) is 0. The third kappa shape index (κ3) is 237. The molecule has 0 aromatic carbocycles. The van der Waals surface area contributed by atoms with Crippen LogP contribution in [0.15, 0.2) is 0 Å². The van der Waals surface area contributed by atoms with Crippen molar-refractivity contribution >= 4 is 9.90 Å². The van der Waals surface area contributed by atoms with Crippen LogP contribution in [-0.4, -0.2) is 11.0 Å². The molecule has 0 saturated carbocycles. The third-order valence-corrected chi connectivity index (χ3v) is 0. The molecule has 1 unspecified atom stereocenters. The van der Waals surface area contributed by atoms with Crippen molar-refractivity contribution in [3.8, 4) is 0 Å². The topological polar surface area (TPSA) is 204 Å². The Kier molecular flexibility index (Phi) is 13900. The van der Waals surface area contributed by atoms with Gasteiger partial charge in [0, 0.05) is 49.7 Å². The first-order valence-electron chi connectivity index (χ1n) is 0. The predicted octanol–water partition coefficient (Wildman–Crippen LogP) is -1.54. The van der Waals surface area contributed by atoms with Gasteiger partial charge < -0.3 is 38.3 Å². The Hall–Kier alpha value is 1.79. The van der Waals surface area contributed by atoms with E-state index in [-0.39, 0.29) is 97.9 Å². The molecule has 10 heavy (non-hydrogen) atoms. The van der Waals surface area contributed by atoms with E-state index in [1.807, 2.05) is 0 Å². The molecular weight excluding hydrogens is 432 g/mol. The van der Waals surface area contributed by atoms with Gasteiger partial charge in [0.2, 0.25) is 0 Å². The van der Waals surface area contributed by atoms with E-state index in [9.17, 15) is 0 Å². The maximum absolute atomic E-state index is 0. The molecule has 3 N–H and O–H groups in total. The van der Waals surface area contributed by atoms with Crippen LogP contribution in [0.3, 0.4) is 0 Å². The minimum atomic E-state index is 0. The zero-order valence-electron chi connectivity index (χ0n) is 4.64. The van der Waals surface area contributed by atoms with E-state index < -0.39 is 0 Å². The first-order chi connectivity index (χ1) is 0. The molecule has 0 aliphatic heterocycles. The van der Waals surface area contributed by atoms with Gasteiger partial charge in [-0.1, -0.05) is 0 Å². The molecule has 0 saturated heterocycles. The number of hydrogen-bond acceptors (Lipinski definition) is 1. The van der Waals surface area contributed by atoms with Crippen LogP contribution in [0, 0.1) is 31.1 Å². The molecule has 10 heteroatoms. The Morgan fingerprint density at radius 3 is 0.600 bits per heavy atom. The SMILES string of the molecule is O.P.[O-2].[O-2].[O-2].[O-2].[O-2].[OH-].[U].[V]. The molecule has 1 atom stereocenters. The third-order valence-electron chi connectivity index (χ3n) is 0. The zero-order chi connectivity index (χ0) is 0. The van der Waals surface area contributed by atoms with E-state index >= 15 is 0 Å². The molecule has 0 bridgehead atoms. The average Bonchev–Trinajstić information content (AvgIpc) is 0. The monoisotopic (exact) mass is 438 g/mol. The van der Waals surface area contributed by atoms with Crippen molar-refractivity contribution in [2.45, 2.75) is 0 Å². The molecule has 0 amide bonds. The van der Waals surface area contributed by atoms with Crippen LogP contribution in [0.4, 0.5) is 0 Å². The van der Waals surface area contributed by atoms with E-state index in [1.165, 1.54) is 0 Å².